The third-order valence-electron chi connectivity index (χ3n) is 1.36. The summed E-state index contributed by atoms with van der Waals surface area (Å²) in [7, 11) is -1.14. The molecule has 13 heavy (non-hydrogen) atoms. The van der Waals surface area contributed by atoms with Crippen LogP contribution in [-0.2, 0) is 10.8 Å². The fourth-order valence-electron chi connectivity index (χ4n) is 0.776. The fourth-order valence-corrected chi connectivity index (χ4v) is 2.34. The Labute approximate surface area is 93.3 Å². The van der Waals surface area contributed by atoms with E-state index in [1.54, 1.807) is 17.5 Å². The van der Waals surface area contributed by atoms with Gasteiger partial charge in [0.15, 0.2) is 0 Å². The summed E-state index contributed by atoms with van der Waals surface area (Å²) in [6, 6.07) is 9.16. The zero-order valence-corrected chi connectivity index (χ0v) is 9.79. The van der Waals surface area contributed by atoms with Gasteiger partial charge in [0.2, 0.25) is 0 Å². The van der Waals surface area contributed by atoms with E-state index in [9.17, 15) is 4.21 Å². The molecule has 1 N–H and O–H groups in total. The molecule has 4 heteroatoms. The number of aliphatic hydroxyl groups excluding tert-OH is 1. The van der Waals surface area contributed by atoms with Crippen LogP contribution in [0.5, 0.6) is 0 Å². The minimum Gasteiger partial charge on any atom is -0.391 e. The monoisotopic (exact) mass is 308 g/mol. The minimum absolute atomic E-state index is 0.0564. The number of halogens is 1. The molecule has 0 aliphatic carbocycles. The van der Waals surface area contributed by atoms with Crippen LogP contribution < -0.4 is 0 Å². The largest absolute Gasteiger partial charge is 0.391 e. The standard InChI is InChI=1S/C9H9IO2S/c10-8(6-11)7-13(12)9-4-2-1-3-5-9/h1-5,7,11H,6H2. The summed E-state index contributed by atoms with van der Waals surface area (Å²) in [5, 5.41) is 10.3. The molecule has 0 fully saturated rings. The van der Waals surface area contributed by atoms with E-state index in [4.69, 9.17) is 5.11 Å². The lowest BCUT2D eigenvalue weighted by Gasteiger charge is -1.96. The zero-order valence-electron chi connectivity index (χ0n) is 6.81. The van der Waals surface area contributed by atoms with Crippen LogP contribution >= 0.6 is 22.6 Å². The van der Waals surface area contributed by atoms with Gasteiger partial charge in [-0.25, -0.2) is 4.21 Å². The molecule has 0 aliphatic rings. The normalized spacial score (nSPS) is 14.2. The van der Waals surface area contributed by atoms with Crippen molar-refractivity contribution < 1.29 is 9.32 Å². The second-order valence-electron chi connectivity index (χ2n) is 2.33. The first-order valence-electron chi connectivity index (χ1n) is 3.66. The van der Waals surface area contributed by atoms with Gasteiger partial charge in [0.05, 0.1) is 17.4 Å². The Bertz CT molecular complexity index is 322. The first kappa shape index (κ1) is 10.9. The van der Waals surface area contributed by atoms with Crippen LogP contribution in [0.15, 0.2) is 44.2 Å². The molecule has 0 bridgehead atoms. The first-order chi connectivity index (χ1) is 6.24. The molecule has 1 rings (SSSR count). The van der Waals surface area contributed by atoms with Crippen molar-refractivity contribution in [1.29, 1.82) is 0 Å². The summed E-state index contributed by atoms with van der Waals surface area (Å²) in [5.74, 6) is 0. The van der Waals surface area contributed by atoms with Crippen LogP contribution in [0.4, 0.5) is 0 Å². The number of benzene rings is 1. The van der Waals surface area contributed by atoms with Crippen molar-refractivity contribution in [3.05, 3.63) is 39.3 Å². The third-order valence-corrected chi connectivity index (χ3v) is 3.67. The molecule has 0 radical (unpaired) electrons. The van der Waals surface area contributed by atoms with Crippen molar-refractivity contribution in [2.45, 2.75) is 4.90 Å². The second-order valence-corrected chi connectivity index (χ2v) is 5.02. The van der Waals surface area contributed by atoms with E-state index in [2.05, 4.69) is 0 Å². The Balaban J connectivity index is 2.81. The average Bonchev–Trinajstić information content (AvgIpc) is 2.19. The highest BCUT2D eigenvalue weighted by atomic mass is 127. The lowest BCUT2D eigenvalue weighted by atomic mass is 10.4. The van der Waals surface area contributed by atoms with E-state index in [0.29, 0.717) is 3.58 Å². The molecule has 1 atom stereocenters. The maximum absolute atomic E-state index is 11.5. The topological polar surface area (TPSA) is 37.3 Å². The molecule has 0 aliphatic heterocycles. The van der Waals surface area contributed by atoms with Crippen molar-refractivity contribution >= 4 is 33.4 Å². The predicted octanol–water partition coefficient (Wildman–Crippen LogP) is 2.06. The van der Waals surface area contributed by atoms with E-state index in [1.165, 1.54) is 0 Å². The number of rotatable bonds is 3. The van der Waals surface area contributed by atoms with Gasteiger partial charge in [0, 0.05) is 13.9 Å². The maximum Gasteiger partial charge on any atom is 0.0784 e. The molecular formula is C9H9IO2S. The van der Waals surface area contributed by atoms with E-state index in [-0.39, 0.29) is 6.61 Å². The van der Waals surface area contributed by atoms with Crippen molar-refractivity contribution in [1.82, 2.24) is 0 Å². The molecule has 2 nitrogen and oxygen atoms in total. The molecule has 0 spiro atoms. The van der Waals surface area contributed by atoms with Crippen LogP contribution in [0, 0.1) is 0 Å². The molecule has 0 aromatic heterocycles. The lowest BCUT2D eigenvalue weighted by molar-refractivity contribution is 0.341. The van der Waals surface area contributed by atoms with Gasteiger partial charge in [-0.3, -0.25) is 0 Å². The smallest absolute Gasteiger partial charge is 0.0784 e. The van der Waals surface area contributed by atoms with Gasteiger partial charge in [0.1, 0.15) is 0 Å². The molecule has 1 unspecified atom stereocenters. The molecular weight excluding hydrogens is 299 g/mol. The Morgan fingerprint density at radius 1 is 1.46 bits per heavy atom. The Hall–Kier alpha value is -0.200. The highest BCUT2D eigenvalue weighted by Crippen LogP contribution is 2.12. The second kappa shape index (κ2) is 5.51. The minimum atomic E-state index is -1.14. The van der Waals surface area contributed by atoms with Crippen LogP contribution in [-0.4, -0.2) is 15.9 Å². The van der Waals surface area contributed by atoms with Gasteiger partial charge in [0.25, 0.3) is 0 Å². The fraction of sp³-hybridized carbons (Fsp3) is 0.111. The Morgan fingerprint density at radius 2 is 2.08 bits per heavy atom. The molecule has 0 saturated carbocycles. The van der Waals surface area contributed by atoms with Crippen molar-refractivity contribution in [2.75, 3.05) is 6.61 Å². The van der Waals surface area contributed by atoms with Gasteiger partial charge in [-0.15, -0.1) is 0 Å². The number of hydrogen-bond donors (Lipinski definition) is 1. The number of aliphatic hydroxyl groups is 1. The van der Waals surface area contributed by atoms with Crippen molar-refractivity contribution in [2.24, 2.45) is 0 Å². The average molecular weight is 308 g/mol. The van der Waals surface area contributed by atoms with Crippen molar-refractivity contribution in [3.8, 4) is 0 Å². The predicted molar refractivity (Wildman–Crippen MR) is 62.0 cm³/mol. The quantitative estimate of drug-likeness (QED) is 0.868. The Morgan fingerprint density at radius 3 is 2.62 bits per heavy atom. The van der Waals surface area contributed by atoms with Crippen LogP contribution in [0.2, 0.25) is 0 Å². The van der Waals surface area contributed by atoms with E-state index >= 15 is 0 Å². The highest BCUT2D eigenvalue weighted by molar-refractivity contribution is 14.1. The van der Waals surface area contributed by atoms with Gasteiger partial charge < -0.3 is 5.11 Å². The summed E-state index contributed by atoms with van der Waals surface area (Å²) in [5.41, 5.74) is 0. The van der Waals surface area contributed by atoms with Gasteiger partial charge in [-0.2, -0.15) is 0 Å². The molecule has 1 aromatic rings. The van der Waals surface area contributed by atoms with E-state index in [1.807, 2.05) is 40.8 Å². The van der Waals surface area contributed by atoms with E-state index < -0.39 is 10.8 Å². The summed E-state index contributed by atoms with van der Waals surface area (Å²) < 4.78 is 12.2. The zero-order chi connectivity index (χ0) is 9.68. The summed E-state index contributed by atoms with van der Waals surface area (Å²) >= 11 is 1.97. The van der Waals surface area contributed by atoms with Gasteiger partial charge in [-0.1, -0.05) is 18.2 Å². The lowest BCUT2D eigenvalue weighted by Crippen LogP contribution is -1.88. The van der Waals surface area contributed by atoms with Crippen LogP contribution in [0.3, 0.4) is 0 Å². The Kier molecular flexibility index (Phi) is 4.61. The maximum atomic E-state index is 11.5. The first-order valence-corrected chi connectivity index (χ1v) is 5.96. The molecule has 70 valence electrons. The highest BCUT2D eigenvalue weighted by Gasteiger charge is 1.99. The summed E-state index contributed by atoms with van der Waals surface area (Å²) in [4.78, 5) is 0.755. The SMILES string of the molecule is O=S(C=C(I)CO)c1ccccc1. The van der Waals surface area contributed by atoms with Crippen LogP contribution in [0.1, 0.15) is 0 Å². The molecule has 1 aromatic carbocycles. The summed E-state index contributed by atoms with van der Waals surface area (Å²) in [6.07, 6.45) is 0. The molecule has 0 heterocycles. The molecule has 0 saturated heterocycles. The van der Waals surface area contributed by atoms with Crippen molar-refractivity contribution in [3.63, 3.8) is 0 Å². The van der Waals surface area contributed by atoms with Gasteiger partial charge >= 0.3 is 0 Å². The van der Waals surface area contributed by atoms with Crippen LogP contribution in [0.25, 0.3) is 0 Å². The van der Waals surface area contributed by atoms with Gasteiger partial charge in [-0.05, 0) is 34.7 Å². The number of hydrogen-bond acceptors (Lipinski definition) is 2. The third kappa shape index (κ3) is 3.58. The molecule has 0 amide bonds. The van der Waals surface area contributed by atoms with E-state index in [0.717, 1.165) is 4.90 Å². The summed E-state index contributed by atoms with van der Waals surface area (Å²) in [6.45, 7) is -0.0564.